The van der Waals surface area contributed by atoms with E-state index in [1.54, 1.807) is 42.5 Å². The van der Waals surface area contributed by atoms with Gasteiger partial charge in [-0.25, -0.2) is 0 Å². The highest BCUT2D eigenvalue weighted by atomic mass is 32.2. The minimum Gasteiger partial charge on any atom is -0.348 e. The zero-order valence-corrected chi connectivity index (χ0v) is 18.2. The van der Waals surface area contributed by atoms with Gasteiger partial charge in [0.25, 0.3) is 10.0 Å². The number of sulfonamides is 1. The molecule has 2 aliphatic heterocycles. The maximum atomic E-state index is 13.1. The summed E-state index contributed by atoms with van der Waals surface area (Å²) in [5.74, 6) is -3.49. The third kappa shape index (κ3) is 3.89. The van der Waals surface area contributed by atoms with Crippen molar-refractivity contribution in [3.8, 4) is 0 Å². The van der Waals surface area contributed by atoms with Gasteiger partial charge in [-0.3, -0.25) is 14.4 Å². The Kier molecular flexibility index (Phi) is 5.79. The second kappa shape index (κ2) is 8.54. The van der Waals surface area contributed by atoms with Crippen LogP contribution >= 0.6 is 0 Å². The van der Waals surface area contributed by atoms with E-state index in [4.69, 9.17) is 0 Å². The van der Waals surface area contributed by atoms with Gasteiger partial charge in [0.1, 0.15) is 10.7 Å². The summed E-state index contributed by atoms with van der Waals surface area (Å²) in [4.78, 5) is 40.4. The molecule has 0 saturated heterocycles. The minimum atomic E-state index is -3.91. The van der Waals surface area contributed by atoms with Crippen LogP contribution in [0.2, 0.25) is 0 Å². The number of carbonyl (C=O) groups is 3. The Hall–Kier alpha value is -3.53. The molecular weight excluding hydrogens is 432 g/mol. The van der Waals surface area contributed by atoms with Crippen LogP contribution < -0.4 is 15.5 Å². The van der Waals surface area contributed by atoms with E-state index in [9.17, 15) is 22.8 Å². The second-order valence-corrected chi connectivity index (χ2v) is 9.08. The summed E-state index contributed by atoms with van der Waals surface area (Å²) in [7, 11) is -3.91. The third-order valence-electron chi connectivity index (χ3n) is 5.34. The largest absolute Gasteiger partial charge is 0.348 e. The molecule has 0 spiro atoms. The van der Waals surface area contributed by atoms with Crippen LogP contribution in [0.1, 0.15) is 30.1 Å². The Morgan fingerprint density at radius 3 is 2.62 bits per heavy atom. The number of fused-ring (bicyclic) bond motifs is 2. The van der Waals surface area contributed by atoms with Crippen LogP contribution in [0.15, 0.2) is 57.8 Å². The summed E-state index contributed by atoms with van der Waals surface area (Å²) in [5, 5.41) is 5.36. The molecule has 2 aromatic carbocycles. The van der Waals surface area contributed by atoms with Gasteiger partial charge in [-0.2, -0.15) is 8.42 Å². The number of amides is 2. The van der Waals surface area contributed by atoms with Crippen LogP contribution in [0, 0.1) is 5.92 Å². The zero-order valence-electron chi connectivity index (χ0n) is 17.4. The second-order valence-electron chi connectivity index (χ2n) is 7.51. The average Bonchev–Trinajstić information content (AvgIpc) is 2.77. The number of para-hydroxylation sites is 2. The van der Waals surface area contributed by atoms with Crippen molar-refractivity contribution >= 4 is 44.8 Å². The van der Waals surface area contributed by atoms with E-state index < -0.39 is 33.5 Å². The van der Waals surface area contributed by atoms with Gasteiger partial charge in [0.05, 0.1) is 17.9 Å². The van der Waals surface area contributed by atoms with Crippen LogP contribution in [0.5, 0.6) is 0 Å². The first kappa shape index (κ1) is 21.7. The zero-order chi connectivity index (χ0) is 22.9. The predicted octanol–water partition coefficient (Wildman–Crippen LogP) is 1.96. The van der Waals surface area contributed by atoms with Gasteiger partial charge < -0.3 is 15.5 Å². The molecule has 0 saturated carbocycles. The number of benzene rings is 2. The van der Waals surface area contributed by atoms with Crippen LogP contribution in [-0.4, -0.2) is 44.9 Å². The van der Waals surface area contributed by atoms with Gasteiger partial charge in [0, 0.05) is 12.1 Å². The van der Waals surface area contributed by atoms with Gasteiger partial charge in [-0.15, -0.1) is 4.40 Å². The van der Waals surface area contributed by atoms with Crippen LogP contribution in [-0.2, 0) is 19.6 Å². The van der Waals surface area contributed by atoms with E-state index in [1.807, 2.05) is 6.92 Å². The highest BCUT2D eigenvalue weighted by Gasteiger charge is 2.43. The van der Waals surface area contributed by atoms with Crippen LogP contribution in [0.3, 0.4) is 0 Å². The van der Waals surface area contributed by atoms with E-state index in [1.165, 1.54) is 11.0 Å². The van der Waals surface area contributed by atoms with Crippen molar-refractivity contribution < 1.29 is 22.8 Å². The van der Waals surface area contributed by atoms with Crippen molar-refractivity contribution in [2.24, 2.45) is 10.3 Å². The molecule has 0 bridgehead atoms. The standard InChI is InChI=1S/C22H22N4O5S/c1-2-3-12-26-16-10-6-4-8-14(16)20(27)19(22(26)29)21(28)23-13-18-24-15-9-5-7-11-17(15)32(30,31)25-18/h4-11,19H,2-3,12-13H2,1H3,(H,23,28)(H,24,25). The van der Waals surface area contributed by atoms with Crippen molar-refractivity contribution in [2.75, 3.05) is 23.3 Å². The number of ketones is 1. The molecule has 1 unspecified atom stereocenters. The molecule has 2 aliphatic rings. The summed E-state index contributed by atoms with van der Waals surface area (Å²) in [6, 6.07) is 13.0. The summed E-state index contributed by atoms with van der Waals surface area (Å²) in [5.41, 5.74) is 1.16. The molecule has 2 N–H and O–H groups in total. The lowest BCUT2D eigenvalue weighted by molar-refractivity contribution is -0.131. The van der Waals surface area contributed by atoms with Gasteiger partial charge in [-0.1, -0.05) is 37.6 Å². The first-order valence-electron chi connectivity index (χ1n) is 10.3. The lowest BCUT2D eigenvalue weighted by Gasteiger charge is -2.32. The molecule has 9 nitrogen and oxygen atoms in total. The van der Waals surface area contributed by atoms with Crippen molar-refractivity contribution in [2.45, 2.75) is 24.7 Å². The Morgan fingerprint density at radius 1 is 1.12 bits per heavy atom. The number of amidine groups is 1. The number of nitrogens with zero attached hydrogens (tertiary/aromatic N) is 2. The Morgan fingerprint density at radius 2 is 1.84 bits per heavy atom. The lowest BCUT2D eigenvalue weighted by Crippen LogP contribution is -2.52. The molecule has 0 fully saturated rings. The lowest BCUT2D eigenvalue weighted by atomic mass is 9.89. The number of unbranched alkanes of at least 4 members (excludes halogenated alkanes) is 1. The van der Waals surface area contributed by atoms with Crippen molar-refractivity contribution in [1.82, 2.24) is 5.32 Å². The molecule has 10 heteroatoms. The van der Waals surface area contributed by atoms with E-state index in [0.29, 0.717) is 23.5 Å². The first-order valence-corrected chi connectivity index (χ1v) is 11.7. The number of Topliss-reactive ketones (excluding diaryl/α,β-unsaturated/α-hetero) is 1. The van der Waals surface area contributed by atoms with Gasteiger partial charge in [0.2, 0.25) is 11.8 Å². The van der Waals surface area contributed by atoms with E-state index in [0.717, 1.165) is 12.8 Å². The number of carbonyl (C=O) groups excluding carboxylic acids is 3. The molecular formula is C22H22N4O5S. The van der Waals surface area contributed by atoms with Crippen molar-refractivity contribution in [3.05, 3.63) is 54.1 Å². The fourth-order valence-corrected chi connectivity index (χ4v) is 4.90. The van der Waals surface area contributed by atoms with Gasteiger partial charge >= 0.3 is 0 Å². The predicted molar refractivity (Wildman–Crippen MR) is 119 cm³/mol. The molecule has 2 aromatic rings. The number of hydrogen-bond donors (Lipinski definition) is 2. The molecule has 0 aliphatic carbocycles. The number of nitrogens with one attached hydrogen (secondary N) is 2. The summed E-state index contributed by atoms with van der Waals surface area (Å²) >= 11 is 0. The maximum Gasteiger partial charge on any atom is 0.286 e. The molecule has 166 valence electrons. The van der Waals surface area contributed by atoms with Gasteiger partial charge in [0.15, 0.2) is 11.7 Å². The van der Waals surface area contributed by atoms with Crippen LogP contribution in [0.25, 0.3) is 0 Å². The Balaban J connectivity index is 1.54. The monoisotopic (exact) mass is 454 g/mol. The van der Waals surface area contributed by atoms with Gasteiger partial charge in [-0.05, 0) is 30.7 Å². The van der Waals surface area contributed by atoms with Crippen LogP contribution in [0.4, 0.5) is 11.4 Å². The van der Waals surface area contributed by atoms with E-state index in [-0.39, 0.29) is 17.3 Å². The number of rotatable bonds is 6. The average molecular weight is 455 g/mol. The van der Waals surface area contributed by atoms with Crippen molar-refractivity contribution in [1.29, 1.82) is 0 Å². The summed E-state index contributed by atoms with van der Waals surface area (Å²) in [6.07, 6.45) is 1.57. The molecule has 2 heterocycles. The summed E-state index contributed by atoms with van der Waals surface area (Å²) in [6.45, 7) is 2.10. The molecule has 4 rings (SSSR count). The normalized spacial score (nSPS) is 18.8. The molecule has 0 aromatic heterocycles. The fraction of sp³-hybridized carbons (Fsp3) is 0.273. The third-order valence-corrected chi connectivity index (χ3v) is 6.71. The van der Waals surface area contributed by atoms with E-state index in [2.05, 4.69) is 15.0 Å². The number of hydrogen-bond acceptors (Lipinski definition) is 6. The Labute approximate surface area is 185 Å². The number of anilines is 2. The van der Waals surface area contributed by atoms with E-state index >= 15 is 0 Å². The molecule has 32 heavy (non-hydrogen) atoms. The maximum absolute atomic E-state index is 13.1. The highest BCUT2D eigenvalue weighted by molar-refractivity contribution is 7.90. The molecule has 1 atom stereocenters. The van der Waals surface area contributed by atoms with Crippen molar-refractivity contribution in [3.63, 3.8) is 0 Å². The Bertz CT molecular complexity index is 1240. The highest BCUT2D eigenvalue weighted by Crippen LogP contribution is 2.31. The SMILES string of the molecule is CCCCN1C(=O)C(C(=O)NCC2=NS(=O)(=O)c3ccccc3N2)C(=O)c2ccccc21. The molecule has 0 radical (unpaired) electrons. The topological polar surface area (TPSA) is 125 Å². The minimum absolute atomic E-state index is 0.00371. The smallest absolute Gasteiger partial charge is 0.286 e. The molecule has 2 amide bonds. The quantitative estimate of drug-likeness (QED) is 0.643. The summed E-state index contributed by atoms with van der Waals surface area (Å²) < 4.78 is 28.4. The fourth-order valence-electron chi connectivity index (χ4n) is 3.75. The first-order chi connectivity index (χ1) is 15.3.